The van der Waals surface area contributed by atoms with E-state index in [2.05, 4.69) is 38.7 Å². The van der Waals surface area contributed by atoms with Crippen LogP contribution in [0.5, 0.6) is 0 Å². The van der Waals surface area contributed by atoms with E-state index in [-0.39, 0.29) is 5.82 Å². The fourth-order valence-electron chi connectivity index (χ4n) is 4.09. The van der Waals surface area contributed by atoms with Crippen LogP contribution in [0, 0.1) is 30.1 Å². The van der Waals surface area contributed by atoms with Crippen LogP contribution < -0.4 is 0 Å². The largest absolute Gasteiger partial charge is 0.344 e. The second-order valence-electron chi connectivity index (χ2n) is 7.69. The maximum absolute atomic E-state index is 9.38. The quantitative estimate of drug-likeness (QED) is 0.630. The molecule has 1 fully saturated rings. The van der Waals surface area contributed by atoms with Crippen molar-refractivity contribution in [1.82, 2.24) is 19.5 Å². The summed E-state index contributed by atoms with van der Waals surface area (Å²) in [5.41, 5.74) is 4.39. The number of nitrogens with zero attached hydrogens (tertiary/aromatic N) is 5. The van der Waals surface area contributed by atoms with Gasteiger partial charge in [0.15, 0.2) is 0 Å². The first-order valence-electron chi connectivity index (χ1n) is 9.43. The summed E-state index contributed by atoms with van der Waals surface area (Å²) in [4.78, 5) is 13.2. The van der Waals surface area contributed by atoms with E-state index in [1.165, 1.54) is 25.7 Å². The molecule has 0 saturated heterocycles. The summed E-state index contributed by atoms with van der Waals surface area (Å²) in [5, 5.41) is 9.93. The fraction of sp³-hybridized carbons (Fsp3) is 0.429. The van der Waals surface area contributed by atoms with E-state index < -0.39 is 0 Å². The van der Waals surface area contributed by atoms with Gasteiger partial charge in [-0.15, -0.1) is 0 Å². The molecule has 1 saturated carbocycles. The van der Waals surface area contributed by atoms with E-state index in [1.807, 2.05) is 13.0 Å². The van der Waals surface area contributed by atoms with Crippen LogP contribution in [0.2, 0.25) is 5.02 Å². The van der Waals surface area contributed by atoms with E-state index in [0.717, 1.165) is 40.3 Å². The number of nitriles is 1. The van der Waals surface area contributed by atoms with Crippen molar-refractivity contribution in [3.05, 3.63) is 41.1 Å². The van der Waals surface area contributed by atoms with Gasteiger partial charge < -0.3 is 4.57 Å². The molecular weight excluding hydrogens is 358 g/mol. The molecule has 138 valence electrons. The highest BCUT2D eigenvalue weighted by molar-refractivity contribution is 6.30. The Balaban J connectivity index is 1.84. The highest BCUT2D eigenvalue weighted by Gasteiger charge is 2.22. The number of halogens is 1. The van der Waals surface area contributed by atoms with Crippen LogP contribution in [0.4, 0.5) is 0 Å². The van der Waals surface area contributed by atoms with Crippen LogP contribution in [-0.4, -0.2) is 19.5 Å². The topological polar surface area (TPSA) is 67.4 Å². The van der Waals surface area contributed by atoms with Gasteiger partial charge in [-0.3, -0.25) is 4.98 Å². The zero-order chi connectivity index (χ0) is 19.0. The number of hydrogen-bond donors (Lipinski definition) is 0. The molecule has 0 atom stereocenters. The van der Waals surface area contributed by atoms with Gasteiger partial charge in [0.2, 0.25) is 5.82 Å². The Hall–Kier alpha value is -2.45. The van der Waals surface area contributed by atoms with Crippen molar-refractivity contribution in [2.45, 2.75) is 46.1 Å². The molecule has 0 radical (unpaired) electrons. The van der Waals surface area contributed by atoms with Gasteiger partial charge in [0.1, 0.15) is 11.8 Å². The lowest BCUT2D eigenvalue weighted by Gasteiger charge is -2.26. The van der Waals surface area contributed by atoms with Crippen molar-refractivity contribution < 1.29 is 0 Å². The maximum Gasteiger partial charge on any atom is 0.233 e. The number of pyridine rings is 1. The smallest absolute Gasteiger partial charge is 0.233 e. The molecule has 1 aliphatic carbocycles. The van der Waals surface area contributed by atoms with E-state index >= 15 is 0 Å². The SMILES string of the molecule is Cc1cn(C[C@H]2CC[C@H](C)CC2)c2c(-c3cncc(Cl)c3)nc(C#N)nc12. The van der Waals surface area contributed by atoms with Gasteiger partial charge in [-0.1, -0.05) is 31.4 Å². The molecule has 5 nitrogen and oxygen atoms in total. The summed E-state index contributed by atoms with van der Waals surface area (Å²) in [7, 11) is 0. The van der Waals surface area contributed by atoms with E-state index in [4.69, 9.17) is 11.6 Å². The van der Waals surface area contributed by atoms with Crippen molar-refractivity contribution >= 4 is 22.6 Å². The van der Waals surface area contributed by atoms with Crippen LogP contribution in [0.3, 0.4) is 0 Å². The highest BCUT2D eigenvalue weighted by atomic mass is 35.5. The van der Waals surface area contributed by atoms with Crippen molar-refractivity contribution in [3.8, 4) is 17.3 Å². The second kappa shape index (κ2) is 7.28. The summed E-state index contributed by atoms with van der Waals surface area (Å²) in [6.07, 6.45) is 10.6. The van der Waals surface area contributed by atoms with Crippen LogP contribution in [0.25, 0.3) is 22.3 Å². The minimum absolute atomic E-state index is 0.171. The zero-order valence-electron chi connectivity index (χ0n) is 15.6. The van der Waals surface area contributed by atoms with Crippen molar-refractivity contribution in [1.29, 1.82) is 5.26 Å². The van der Waals surface area contributed by atoms with Gasteiger partial charge in [-0.25, -0.2) is 9.97 Å². The van der Waals surface area contributed by atoms with Gasteiger partial charge in [-0.2, -0.15) is 5.26 Å². The monoisotopic (exact) mass is 379 g/mol. The van der Waals surface area contributed by atoms with E-state index in [1.54, 1.807) is 12.4 Å². The summed E-state index contributed by atoms with van der Waals surface area (Å²) in [6.45, 7) is 5.33. The summed E-state index contributed by atoms with van der Waals surface area (Å²) in [6, 6.07) is 3.92. The standard InChI is InChI=1S/C21H22ClN5/c1-13-3-5-15(6-4-13)12-27-11-14(2)19-21(27)20(26-18(8-23)25-19)16-7-17(22)10-24-9-16/h7,9-11,13,15H,3-6,12H2,1-2H3/t13-,15-. The van der Waals surface area contributed by atoms with E-state index in [0.29, 0.717) is 10.9 Å². The average molecular weight is 380 g/mol. The number of hydrogen-bond acceptors (Lipinski definition) is 4. The molecule has 0 N–H and O–H groups in total. The zero-order valence-corrected chi connectivity index (χ0v) is 16.4. The maximum atomic E-state index is 9.38. The molecule has 0 spiro atoms. The predicted molar refractivity (Wildman–Crippen MR) is 106 cm³/mol. The normalized spacial score (nSPS) is 19.9. The average Bonchev–Trinajstić information content (AvgIpc) is 2.98. The first-order chi connectivity index (χ1) is 13.0. The Morgan fingerprint density at radius 3 is 2.70 bits per heavy atom. The molecule has 6 heteroatoms. The first kappa shape index (κ1) is 17.9. The minimum Gasteiger partial charge on any atom is -0.344 e. The molecule has 0 bridgehead atoms. The molecule has 3 aromatic heterocycles. The third kappa shape index (κ3) is 3.54. The van der Waals surface area contributed by atoms with Gasteiger partial charge in [0, 0.05) is 30.7 Å². The lowest BCUT2D eigenvalue weighted by Crippen LogP contribution is -2.17. The Morgan fingerprint density at radius 1 is 1.22 bits per heavy atom. The summed E-state index contributed by atoms with van der Waals surface area (Å²) < 4.78 is 2.27. The summed E-state index contributed by atoms with van der Waals surface area (Å²) >= 11 is 6.16. The Bertz CT molecular complexity index is 1020. The third-order valence-corrected chi connectivity index (χ3v) is 5.77. The van der Waals surface area contributed by atoms with Crippen LogP contribution in [0.1, 0.15) is 44.0 Å². The molecule has 0 unspecified atom stereocenters. The van der Waals surface area contributed by atoms with Gasteiger partial charge in [-0.05, 0) is 43.2 Å². The molecule has 3 aromatic rings. The number of aryl methyl sites for hydroxylation is 1. The second-order valence-corrected chi connectivity index (χ2v) is 8.12. The van der Waals surface area contributed by atoms with Crippen LogP contribution >= 0.6 is 11.6 Å². The first-order valence-corrected chi connectivity index (χ1v) is 9.81. The number of aromatic nitrogens is 4. The third-order valence-electron chi connectivity index (χ3n) is 5.56. The molecule has 3 heterocycles. The van der Waals surface area contributed by atoms with Gasteiger partial charge in [0.05, 0.1) is 16.1 Å². The van der Waals surface area contributed by atoms with E-state index in [9.17, 15) is 5.26 Å². The molecule has 0 aromatic carbocycles. The molecule has 1 aliphatic rings. The highest BCUT2D eigenvalue weighted by Crippen LogP contribution is 2.34. The number of rotatable bonds is 3. The lowest BCUT2D eigenvalue weighted by molar-refractivity contribution is 0.267. The molecular formula is C21H22ClN5. The molecule has 0 aliphatic heterocycles. The Morgan fingerprint density at radius 2 is 2.00 bits per heavy atom. The lowest BCUT2D eigenvalue weighted by atomic mass is 9.83. The number of fused-ring (bicyclic) bond motifs is 1. The van der Waals surface area contributed by atoms with Crippen molar-refractivity contribution in [2.75, 3.05) is 0 Å². The minimum atomic E-state index is 0.171. The van der Waals surface area contributed by atoms with Crippen molar-refractivity contribution in [3.63, 3.8) is 0 Å². The Labute approximate surface area is 164 Å². The summed E-state index contributed by atoms with van der Waals surface area (Å²) in [5.74, 6) is 1.67. The molecule has 4 rings (SSSR count). The molecule has 27 heavy (non-hydrogen) atoms. The van der Waals surface area contributed by atoms with Crippen LogP contribution in [0.15, 0.2) is 24.7 Å². The van der Waals surface area contributed by atoms with Gasteiger partial charge in [0.25, 0.3) is 0 Å². The van der Waals surface area contributed by atoms with Crippen LogP contribution in [-0.2, 0) is 6.54 Å². The fourth-order valence-corrected chi connectivity index (χ4v) is 4.26. The Kier molecular flexibility index (Phi) is 4.84. The molecule has 0 amide bonds. The van der Waals surface area contributed by atoms with Crippen molar-refractivity contribution in [2.24, 2.45) is 11.8 Å². The van der Waals surface area contributed by atoms with Gasteiger partial charge >= 0.3 is 0 Å². The predicted octanol–water partition coefficient (Wildman–Crippen LogP) is 5.15.